The smallest absolute Gasteiger partial charge is 0.227 e. The summed E-state index contributed by atoms with van der Waals surface area (Å²) in [5, 5.41) is 3.64. The van der Waals surface area contributed by atoms with Crippen molar-refractivity contribution < 1.29 is 4.79 Å². The van der Waals surface area contributed by atoms with Crippen LogP contribution in [0, 0.1) is 0 Å². The first-order chi connectivity index (χ1) is 9.76. The Morgan fingerprint density at radius 3 is 2.55 bits per heavy atom. The van der Waals surface area contributed by atoms with Crippen LogP contribution in [0.5, 0.6) is 0 Å². The fourth-order valence-electron chi connectivity index (χ4n) is 3.70. The summed E-state index contributed by atoms with van der Waals surface area (Å²) in [6, 6.07) is 5.53. The van der Waals surface area contributed by atoms with Crippen LogP contribution in [0.1, 0.15) is 38.2 Å². The molecule has 0 saturated carbocycles. The van der Waals surface area contributed by atoms with E-state index in [-0.39, 0.29) is 5.91 Å². The number of nitrogens with one attached hydrogen (secondary N) is 1. The maximum Gasteiger partial charge on any atom is 0.227 e. The van der Waals surface area contributed by atoms with E-state index >= 15 is 0 Å². The molecule has 4 heteroatoms. The number of piperidine rings is 1. The SMILES string of the molecule is CCN(C(=O)Cc1ccncc1)C1CC2CCC(C1)N2. The van der Waals surface area contributed by atoms with Gasteiger partial charge in [-0.1, -0.05) is 0 Å². The fraction of sp³-hybridized carbons (Fsp3) is 0.625. The molecule has 2 aliphatic rings. The van der Waals surface area contributed by atoms with Crippen LogP contribution in [0.25, 0.3) is 0 Å². The van der Waals surface area contributed by atoms with Gasteiger partial charge in [-0.25, -0.2) is 0 Å². The van der Waals surface area contributed by atoms with Crippen LogP contribution in [0.2, 0.25) is 0 Å². The molecule has 3 rings (SSSR count). The quantitative estimate of drug-likeness (QED) is 0.909. The second kappa shape index (κ2) is 5.92. The number of hydrogen-bond donors (Lipinski definition) is 1. The Morgan fingerprint density at radius 1 is 1.30 bits per heavy atom. The zero-order chi connectivity index (χ0) is 13.9. The van der Waals surface area contributed by atoms with Gasteiger partial charge in [0, 0.05) is 37.1 Å². The van der Waals surface area contributed by atoms with Gasteiger partial charge in [-0.2, -0.15) is 0 Å². The Bertz CT molecular complexity index is 450. The number of amides is 1. The monoisotopic (exact) mass is 273 g/mol. The third-order valence-electron chi connectivity index (χ3n) is 4.65. The lowest BCUT2D eigenvalue weighted by atomic mass is 9.97. The molecule has 0 aromatic carbocycles. The van der Waals surface area contributed by atoms with Gasteiger partial charge in [-0.15, -0.1) is 0 Å². The largest absolute Gasteiger partial charge is 0.340 e. The summed E-state index contributed by atoms with van der Waals surface area (Å²) < 4.78 is 0. The van der Waals surface area contributed by atoms with E-state index in [2.05, 4.69) is 22.1 Å². The van der Waals surface area contributed by atoms with E-state index in [0.717, 1.165) is 24.9 Å². The summed E-state index contributed by atoms with van der Waals surface area (Å²) in [4.78, 5) is 18.7. The van der Waals surface area contributed by atoms with Gasteiger partial charge in [0.05, 0.1) is 6.42 Å². The van der Waals surface area contributed by atoms with E-state index in [1.807, 2.05) is 12.1 Å². The maximum atomic E-state index is 12.6. The van der Waals surface area contributed by atoms with Crippen molar-refractivity contribution in [2.24, 2.45) is 0 Å². The zero-order valence-electron chi connectivity index (χ0n) is 12.1. The molecule has 1 aromatic heterocycles. The van der Waals surface area contributed by atoms with Crippen LogP contribution < -0.4 is 5.32 Å². The van der Waals surface area contributed by atoms with Gasteiger partial charge in [0.2, 0.25) is 5.91 Å². The van der Waals surface area contributed by atoms with Crippen molar-refractivity contribution in [2.75, 3.05) is 6.54 Å². The predicted molar refractivity (Wildman–Crippen MR) is 78.3 cm³/mol. The van der Waals surface area contributed by atoms with Crippen LogP contribution in [-0.4, -0.2) is 40.5 Å². The van der Waals surface area contributed by atoms with Crippen LogP contribution in [0.15, 0.2) is 24.5 Å². The van der Waals surface area contributed by atoms with Crippen molar-refractivity contribution in [3.05, 3.63) is 30.1 Å². The molecule has 0 spiro atoms. The molecule has 2 saturated heterocycles. The topological polar surface area (TPSA) is 45.2 Å². The zero-order valence-corrected chi connectivity index (χ0v) is 12.1. The van der Waals surface area contributed by atoms with Gasteiger partial charge in [-0.3, -0.25) is 9.78 Å². The predicted octanol–water partition coefficient (Wildman–Crippen LogP) is 1.76. The van der Waals surface area contributed by atoms with E-state index in [0.29, 0.717) is 24.5 Å². The highest BCUT2D eigenvalue weighted by Crippen LogP contribution is 2.30. The number of aromatic nitrogens is 1. The molecule has 3 heterocycles. The third-order valence-corrected chi connectivity index (χ3v) is 4.65. The van der Waals surface area contributed by atoms with E-state index in [1.54, 1.807) is 12.4 Å². The molecule has 20 heavy (non-hydrogen) atoms. The number of fused-ring (bicyclic) bond motifs is 2. The number of carbonyl (C=O) groups is 1. The highest BCUT2D eigenvalue weighted by molar-refractivity contribution is 5.79. The molecule has 1 aromatic rings. The Kier molecular flexibility index (Phi) is 4.01. The number of rotatable bonds is 4. The fourth-order valence-corrected chi connectivity index (χ4v) is 3.70. The Labute approximate surface area is 120 Å². The molecular formula is C16H23N3O. The molecule has 2 bridgehead atoms. The van der Waals surface area contributed by atoms with Crippen molar-refractivity contribution in [1.82, 2.24) is 15.2 Å². The molecule has 2 fully saturated rings. The lowest BCUT2D eigenvalue weighted by molar-refractivity contribution is -0.133. The van der Waals surface area contributed by atoms with Crippen molar-refractivity contribution in [3.8, 4) is 0 Å². The number of pyridine rings is 1. The number of hydrogen-bond acceptors (Lipinski definition) is 3. The molecule has 1 amide bonds. The van der Waals surface area contributed by atoms with Crippen LogP contribution >= 0.6 is 0 Å². The maximum absolute atomic E-state index is 12.6. The normalized spacial score (nSPS) is 28.4. The lowest BCUT2D eigenvalue weighted by Crippen LogP contribution is -2.50. The van der Waals surface area contributed by atoms with Gasteiger partial charge in [0.1, 0.15) is 0 Å². The first-order valence-electron chi connectivity index (χ1n) is 7.70. The van der Waals surface area contributed by atoms with Gasteiger partial charge in [0.25, 0.3) is 0 Å². The molecule has 0 radical (unpaired) electrons. The Morgan fingerprint density at radius 2 is 1.95 bits per heavy atom. The highest BCUT2D eigenvalue weighted by Gasteiger charge is 2.36. The average molecular weight is 273 g/mol. The molecule has 4 nitrogen and oxygen atoms in total. The summed E-state index contributed by atoms with van der Waals surface area (Å²) in [5.41, 5.74) is 1.06. The first kappa shape index (κ1) is 13.6. The first-order valence-corrected chi connectivity index (χ1v) is 7.70. The summed E-state index contributed by atoms with van der Waals surface area (Å²) in [6.45, 7) is 2.91. The van der Waals surface area contributed by atoms with Gasteiger partial charge < -0.3 is 10.2 Å². The summed E-state index contributed by atoms with van der Waals surface area (Å²) in [7, 11) is 0. The summed E-state index contributed by atoms with van der Waals surface area (Å²) in [5.74, 6) is 0.255. The van der Waals surface area contributed by atoms with E-state index in [4.69, 9.17) is 0 Å². The molecule has 2 unspecified atom stereocenters. The average Bonchev–Trinajstić information content (AvgIpc) is 2.80. The summed E-state index contributed by atoms with van der Waals surface area (Å²) in [6.07, 6.45) is 8.79. The van der Waals surface area contributed by atoms with E-state index in [9.17, 15) is 4.79 Å². The molecule has 1 N–H and O–H groups in total. The minimum atomic E-state index is 0.255. The van der Waals surface area contributed by atoms with Gasteiger partial charge in [0.15, 0.2) is 0 Å². The minimum absolute atomic E-state index is 0.255. The second-order valence-electron chi connectivity index (χ2n) is 5.98. The van der Waals surface area contributed by atoms with Gasteiger partial charge >= 0.3 is 0 Å². The van der Waals surface area contributed by atoms with E-state index < -0.39 is 0 Å². The molecule has 2 aliphatic heterocycles. The minimum Gasteiger partial charge on any atom is -0.340 e. The van der Waals surface area contributed by atoms with Crippen LogP contribution in [0.3, 0.4) is 0 Å². The van der Waals surface area contributed by atoms with E-state index in [1.165, 1.54) is 12.8 Å². The number of likely N-dealkylation sites (N-methyl/N-ethyl adjacent to an activating group) is 1. The molecule has 2 atom stereocenters. The van der Waals surface area contributed by atoms with Gasteiger partial charge in [-0.05, 0) is 50.3 Å². The molecule has 108 valence electrons. The lowest BCUT2D eigenvalue weighted by Gasteiger charge is -2.37. The third kappa shape index (κ3) is 2.85. The van der Waals surface area contributed by atoms with Crippen molar-refractivity contribution >= 4 is 5.91 Å². The summed E-state index contributed by atoms with van der Waals surface area (Å²) >= 11 is 0. The standard InChI is InChI=1S/C16H23N3O/c1-2-19(15-10-13-3-4-14(11-15)18-13)16(20)9-12-5-7-17-8-6-12/h5-8,13-15,18H,2-4,9-11H2,1H3. The van der Waals surface area contributed by atoms with Crippen LogP contribution in [0.4, 0.5) is 0 Å². The Balaban J connectivity index is 1.65. The van der Waals surface area contributed by atoms with Crippen molar-refractivity contribution in [2.45, 2.75) is 57.2 Å². The molecular weight excluding hydrogens is 250 g/mol. The number of carbonyl (C=O) groups excluding carboxylic acids is 1. The second-order valence-corrected chi connectivity index (χ2v) is 5.98. The van der Waals surface area contributed by atoms with Crippen molar-refractivity contribution in [1.29, 1.82) is 0 Å². The van der Waals surface area contributed by atoms with Crippen molar-refractivity contribution in [3.63, 3.8) is 0 Å². The highest BCUT2D eigenvalue weighted by atomic mass is 16.2. The number of nitrogens with zero attached hydrogens (tertiary/aromatic N) is 2. The Hall–Kier alpha value is -1.42. The molecule has 0 aliphatic carbocycles. The van der Waals surface area contributed by atoms with Crippen LogP contribution in [-0.2, 0) is 11.2 Å².